The summed E-state index contributed by atoms with van der Waals surface area (Å²) in [6, 6.07) is 13.7. The first-order valence-electron chi connectivity index (χ1n) is 9.58. The first-order chi connectivity index (χ1) is 12.9. The Morgan fingerprint density at radius 2 is 1.85 bits per heavy atom. The highest BCUT2D eigenvalue weighted by Gasteiger charge is 2.36. The Bertz CT molecular complexity index is 838. The van der Waals surface area contributed by atoms with Crippen LogP contribution in [-0.4, -0.2) is 18.4 Å². The second-order valence-electron chi connectivity index (χ2n) is 7.52. The Hall–Kier alpha value is -2.62. The molecule has 4 heteroatoms. The molecule has 0 bridgehead atoms. The van der Waals surface area contributed by atoms with E-state index in [1.165, 1.54) is 0 Å². The van der Waals surface area contributed by atoms with Gasteiger partial charge in [-0.15, -0.1) is 0 Å². The quantitative estimate of drug-likeness (QED) is 0.566. The summed E-state index contributed by atoms with van der Waals surface area (Å²) in [5.41, 5.74) is 4.09. The number of hydrogen-bond acceptors (Lipinski definition) is 3. The number of carbonyl (C=O) groups excluding carboxylic acids is 2. The van der Waals surface area contributed by atoms with Crippen LogP contribution < -0.4 is 9.64 Å². The van der Waals surface area contributed by atoms with Crippen molar-refractivity contribution in [2.75, 3.05) is 11.4 Å². The number of rotatable bonds is 5. The molecule has 1 aliphatic heterocycles. The standard InChI is InChI=1S/C23H27NO3/c1-5-17(4)20-8-6-7-9-21(20)27-23(26)18-13-22(25)24(14-18)19-11-15(2)10-16(3)12-19/h6-12,17-18H,5,13-14H2,1-4H3/t17-,18-/m1/s1. The molecular formula is C23H27NO3. The molecule has 3 rings (SSSR count). The summed E-state index contributed by atoms with van der Waals surface area (Å²) in [7, 11) is 0. The van der Waals surface area contributed by atoms with Gasteiger partial charge >= 0.3 is 5.97 Å². The van der Waals surface area contributed by atoms with E-state index >= 15 is 0 Å². The minimum atomic E-state index is -0.441. The number of anilines is 1. The van der Waals surface area contributed by atoms with Crippen LogP contribution in [0, 0.1) is 19.8 Å². The number of hydrogen-bond donors (Lipinski definition) is 0. The van der Waals surface area contributed by atoms with Crippen molar-refractivity contribution in [1.82, 2.24) is 0 Å². The maximum atomic E-state index is 12.7. The molecule has 0 saturated carbocycles. The van der Waals surface area contributed by atoms with E-state index in [4.69, 9.17) is 4.74 Å². The summed E-state index contributed by atoms with van der Waals surface area (Å²) < 4.78 is 5.71. The van der Waals surface area contributed by atoms with Gasteiger partial charge in [-0.2, -0.15) is 0 Å². The summed E-state index contributed by atoms with van der Waals surface area (Å²) in [6.45, 7) is 8.61. The van der Waals surface area contributed by atoms with Gasteiger partial charge in [0.25, 0.3) is 0 Å². The van der Waals surface area contributed by atoms with Crippen LogP contribution in [0.2, 0.25) is 0 Å². The zero-order valence-corrected chi connectivity index (χ0v) is 16.5. The van der Waals surface area contributed by atoms with Crippen LogP contribution in [0.15, 0.2) is 42.5 Å². The minimum Gasteiger partial charge on any atom is -0.426 e. The van der Waals surface area contributed by atoms with Gasteiger partial charge in [-0.05, 0) is 61.1 Å². The maximum Gasteiger partial charge on any atom is 0.316 e. The third-order valence-electron chi connectivity index (χ3n) is 5.25. The average Bonchev–Trinajstić information content (AvgIpc) is 3.02. The van der Waals surface area contributed by atoms with Crippen molar-refractivity contribution in [3.8, 4) is 5.75 Å². The fraction of sp³-hybridized carbons (Fsp3) is 0.391. The zero-order chi connectivity index (χ0) is 19.6. The molecule has 1 saturated heterocycles. The van der Waals surface area contributed by atoms with E-state index in [0.29, 0.717) is 18.2 Å². The Morgan fingerprint density at radius 3 is 2.52 bits per heavy atom. The summed E-state index contributed by atoms with van der Waals surface area (Å²) >= 11 is 0. The Labute approximate surface area is 161 Å². The third kappa shape index (κ3) is 4.21. The Kier molecular flexibility index (Phi) is 5.64. The molecule has 1 heterocycles. The van der Waals surface area contributed by atoms with Crippen LogP contribution in [0.1, 0.15) is 49.3 Å². The van der Waals surface area contributed by atoms with Gasteiger partial charge < -0.3 is 9.64 Å². The molecule has 2 atom stereocenters. The summed E-state index contributed by atoms with van der Waals surface area (Å²) in [5, 5.41) is 0. The molecule has 0 aliphatic carbocycles. The molecule has 0 radical (unpaired) electrons. The van der Waals surface area contributed by atoms with Gasteiger partial charge in [0, 0.05) is 18.7 Å². The van der Waals surface area contributed by atoms with E-state index in [1.54, 1.807) is 4.90 Å². The predicted octanol–water partition coefficient (Wildman–Crippen LogP) is 4.78. The zero-order valence-electron chi connectivity index (χ0n) is 16.5. The predicted molar refractivity (Wildman–Crippen MR) is 107 cm³/mol. The van der Waals surface area contributed by atoms with Crippen LogP contribution in [0.3, 0.4) is 0 Å². The topological polar surface area (TPSA) is 46.6 Å². The monoisotopic (exact) mass is 365 g/mol. The molecular weight excluding hydrogens is 338 g/mol. The van der Waals surface area contributed by atoms with Crippen LogP contribution in [-0.2, 0) is 9.59 Å². The fourth-order valence-corrected chi connectivity index (χ4v) is 3.61. The lowest BCUT2D eigenvalue weighted by molar-refractivity contribution is -0.139. The number of benzene rings is 2. The Balaban J connectivity index is 1.75. The van der Waals surface area contributed by atoms with Crippen molar-refractivity contribution in [3.05, 3.63) is 59.2 Å². The summed E-state index contributed by atoms with van der Waals surface area (Å²) in [6.07, 6.45) is 1.16. The molecule has 1 amide bonds. The lowest BCUT2D eigenvalue weighted by Gasteiger charge is -2.18. The van der Waals surface area contributed by atoms with Gasteiger partial charge in [-0.1, -0.05) is 38.1 Å². The summed E-state index contributed by atoms with van der Waals surface area (Å²) in [5.74, 6) is 0.117. The molecule has 0 spiro atoms. The van der Waals surface area contributed by atoms with Crippen LogP contribution in [0.5, 0.6) is 5.75 Å². The van der Waals surface area contributed by atoms with E-state index in [2.05, 4.69) is 19.9 Å². The van der Waals surface area contributed by atoms with E-state index in [-0.39, 0.29) is 18.3 Å². The molecule has 1 aliphatic rings. The summed E-state index contributed by atoms with van der Waals surface area (Å²) in [4.78, 5) is 26.9. The van der Waals surface area contributed by atoms with Crippen molar-refractivity contribution in [3.63, 3.8) is 0 Å². The van der Waals surface area contributed by atoms with E-state index in [9.17, 15) is 9.59 Å². The largest absolute Gasteiger partial charge is 0.426 e. The number of esters is 1. The number of carbonyl (C=O) groups is 2. The lowest BCUT2D eigenvalue weighted by Crippen LogP contribution is -2.27. The number of ether oxygens (including phenoxy) is 1. The molecule has 0 N–H and O–H groups in total. The number of aryl methyl sites for hydroxylation is 2. The van der Waals surface area contributed by atoms with Crippen LogP contribution >= 0.6 is 0 Å². The van der Waals surface area contributed by atoms with Crippen molar-refractivity contribution in [2.45, 2.75) is 46.5 Å². The lowest BCUT2D eigenvalue weighted by atomic mass is 9.98. The van der Waals surface area contributed by atoms with Crippen molar-refractivity contribution >= 4 is 17.6 Å². The molecule has 2 aromatic rings. The van der Waals surface area contributed by atoms with Gasteiger partial charge in [0.05, 0.1) is 5.92 Å². The van der Waals surface area contributed by atoms with Gasteiger partial charge in [-0.25, -0.2) is 0 Å². The molecule has 4 nitrogen and oxygen atoms in total. The second-order valence-corrected chi connectivity index (χ2v) is 7.52. The minimum absolute atomic E-state index is 0.0304. The highest BCUT2D eigenvalue weighted by Crippen LogP contribution is 2.31. The maximum absolute atomic E-state index is 12.7. The van der Waals surface area contributed by atoms with Crippen LogP contribution in [0.25, 0.3) is 0 Å². The fourth-order valence-electron chi connectivity index (χ4n) is 3.61. The van der Waals surface area contributed by atoms with Gasteiger partial charge in [0.1, 0.15) is 5.75 Å². The molecule has 1 fully saturated rings. The van der Waals surface area contributed by atoms with Crippen molar-refractivity contribution < 1.29 is 14.3 Å². The third-order valence-corrected chi connectivity index (χ3v) is 5.25. The second kappa shape index (κ2) is 7.95. The van der Waals surface area contributed by atoms with E-state index in [0.717, 1.165) is 28.8 Å². The Morgan fingerprint density at radius 1 is 1.19 bits per heavy atom. The van der Waals surface area contributed by atoms with Crippen LogP contribution in [0.4, 0.5) is 5.69 Å². The number of amides is 1. The SMILES string of the molecule is CC[C@@H](C)c1ccccc1OC(=O)[C@@H]1CC(=O)N(c2cc(C)cc(C)c2)C1. The van der Waals surface area contributed by atoms with Gasteiger partial charge in [-0.3, -0.25) is 9.59 Å². The van der Waals surface area contributed by atoms with E-state index in [1.807, 2.05) is 50.2 Å². The average molecular weight is 365 g/mol. The highest BCUT2D eigenvalue weighted by atomic mass is 16.5. The number of nitrogens with zero attached hydrogens (tertiary/aromatic N) is 1. The van der Waals surface area contributed by atoms with Gasteiger partial charge in [0.2, 0.25) is 5.91 Å². The molecule has 0 unspecified atom stereocenters. The normalized spacial score (nSPS) is 17.9. The first kappa shape index (κ1) is 19.2. The van der Waals surface area contributed by atoms with E-state index < -0.39 is 5.92 Å². The number of para-hydroxylation sites is 1. The van der Waals surface area contributed by atoms with Crippen molar-refractivity contribution in [1.29, 1.82) is 0 Å². The smallest absolute Gasteiger partial charge is 0.316 e. The molecule has 27 heavy (non-hydrogen) atoms. The molecule has 142 valence electrons. The van der Waals surface area contributed by atoms with Gasteiger partial charge in [0.15, 0.2) is 0 Å². The highest BCUT2D eigenvalue weighted by molar-refractivity contribution is 5.99. The molecule has 2 aromatic carbocycles. The molecule has 0 aromatic heterocycles. The van der Waals surface area contributed by atoms with Crippen molar-refractivity contribution in [2.24, 2.45) is 5.92 Å². The first-order valence-corrected chi connectivity index (χ1v) is 9.58.